The topological polar surface area (TPSA) is 64.0 Å². The number of likely N-dealkylation sites (N-methyl/N-ethyl adjacent to an activating group) is 2. The van der Waals surface area contributed by atoms with Crippen LogP contribution in [0.15, 0.2) is 16.8 Å². The zero-order chi connectivity index (χ0) is 14.7. The zero-order valence-electron chi connectivity index (χ0n) is 12.7. The van der Waals surface area contributed by atoms with Gasteiger partial charge in [-0.05, 0) is 21.0 Å². The molecular weight excluding hydrogens is 242 g/mol. The van der Waals surface area contributed by atoms with Gasteiger partial charge in [-0.3, -0.25) is 5.41 Å². The van der Waals surface area contributed by atoms with Crippen LogP contribution in [0.2, 0.25) is 0 Å². The van der Waals surface area contributed by atoms with E-state index < -0.39 is 0 Å². The van der Waals surface area contributed by atoms with Gasteiger partial charge in [0, 0.05) is 45.6 Å². The molecule has 0 aromatic rings. The third-order valence-corrected chi connectivity index (χ3v) is 2.55. The van der Waals surface area contributed by atoms with Crippen molar-refractivity contribution < 1.29 is 4.74 Å². The van der Waals surface area contributed by atoms with Crippen molar-refractivity contribution in [2.24, 2.45) is 4.99 Å². The maximum atomic E-state index is 7.16. The molecular formula is C13H27N5O. The smallest absolute Gasteiger partial charge is 0.134 e. The van der Waals surface area contributed by atoms with Gasteiger partial charge < -0.3 is 19.9 Å². The summed E-state index contributed by atoms with van der Waals surface area (Å²) in [6.45, 7) is 5.21. The van der Waals surface area contributed by atoms with Gasteiger partial charge in [0.15, 0.2) is 0 Å². The molecule has 0 radical (unpaired) electrons. The molecule has 0 rings (SSSR count). The van der Waals surface area contributed by atoms with Crippen molar-refractivity contribution in [3.05, 3.63) is 11.8 Å². The summed E-state index contributed by atoms with van der Waals surface area (Å²) in [6.07, 6.45) is 2.99. The monoisotopic (exact) mass is 269 g/mol. The van der Waals surface area contributed by atoms with Gasteiger partial charge >= 0.3 is 0 Å². The quantitative estimate of drug-likeness (QED) is 0.366. The lowest BCUT2D eigenvalue weighted by molar-refractivity contribution is 0.202. The molecule has 0 aromatic carbocycles. The number of aliphatic imine (C=N–C) groups is 1. The Bertz CT molecular complexity index is 312. The van der Waals surface area contributed by atoms with Gasteiger partial charge in [0.2, 0.25) is 0 Å². The molecule has 6 heteroatoms. The standard InChI is InChI=1S/C13H27N5O/c1-12(10-15-6-9-19-5)13(16-11-14)18(4)8-7-17(2)3/h10-11,14-15H,6-9H2,1-5H3/b12-10+,14-11?,16-13+. The lowest BCUT2D eigenvalue weighted by Crippen LogP contribution is -2.34. The van der Waals surface area contributed by atoms with Crippen molar-refractivity contribution in [3.8, 4) is 0 Å². The van der Waals surface area contributed by atoms with E-state index in [0.29, 0.717) is 6.61 Å². The van der Waals surface area contributed by atoms with E-state index in [1.165, 1.54) is 0 Å². The normalized spacial score (nSPS) is 12.7. The summed E-state index contributed by atoms with van der Waals surface area (Å²) in [5, 5.41) is 10.3. The van der Waals surface area contributed by atoms with Crippen LogP contribution < -0.4 is 5.32 Å². The predicted molar refractivity (Wildman–Crippen MR) is 81.0 cm³/mol. The van der Waals surface area contributed by atoms with E-state index in [1.807, 2.05) is 34.3 Å². The first kappa shape index (κ1) is 17.6. The second-order valence-corrected chi connectivity index (χ2v) is 4.58. The Morgan fingerprint density at radius 2 is 2.00 bits per heavy atom. The molecule has 0 aromatic heterocycles. The van der Waals surface area contributed by atoms with Crippen molar-refractivity contribution in [2.45, 2.75) is 6.92 Å². The summed E-state index contributed by atoms with van der Waals surface area (Å²) in [6, 6.07) is 0. The molecule has 0 bridgehead atoms. The number of methoxy groups -OCH3 is 1. The summed E-state index contributed by atoms with van der Waals surface area (Å²) < 4.78 is 4.97. The van der Waals surface area contributed by atoms with Crippen molar-refractivity contribution in [1.82, 2.24) is 15.1 Å². The van der Waals surface area contributed by atoms with Crippen LogP contribution in [0.5, 0.6) is 0 Å². The van der Waals surface area contributed by atoms with Gasteiger partial charge in [-0.1, -0.05) is 0 Å². The van der Waals surface area contributed by atoms with Gasteiger partial charge in [-0.2, -0.15) is 0 Å². The first-order chi connectivity index (χ1) is 9.02. The third-order valence-electron chi connectivity index (χ3n) is 2.55. The van der Waals surface area contributed by atoms with Gasteiger partial charge in [0.1, 0.15) is 12.2 Å². The van der Waals surface area contributed by atoms with Crippen molar-refractivity contribution in [1.29, 1.82) is 5.41 Å². The molecule has 0 saturated carbocycles. The zero-order valence-corrected chi connectivity index (χ0v) is 12.7. The van der Waals surface area contributed by atoms with Crippen molar-refractivity contribution in [3.63, 3.8) is 0 Å². The molecule has 0 saturated heterocycles. The van der Waals surface area contributed by atoms with Crippen LogP contribution in [0.25, 0.3) is 0 Å². The molecule has 0 heterocycles. The maximum absolute atomic E-state index is 7.16. The number of nitrogens with zero attached hydrogens (tertiary/aromatic N) is 3. The predicted octanol–water partition coefficient (Wildman–Crippen LogP) is 0.625. The number of hydrogen-bond acceptors (Lipinski definition) is 4. The average Bonchev–Trinajstić information content (AvgIpc) is 2.38. The summed E-state index contributed by atoms with van der Waals surface area (Å²) in [5.74, 6) is 0.807. The Kier molecular flexibility index (Phi) is 9.74. The summed E-state index contributed by atoms with van der Waals surface area (Å²) in [7, 11) is 7.74. The lowest BCUT2D eigenvalue weighted by atomic mass is 10.2. The SMILES string of the molecule is COCCN/C=C(C)/C(=N\C=N)N(C)CCN(C)C. The molecule has 0 aliphatic rings. The van der Waals surface area contributed by atoms with Crippen molar-refractivity contribution in [2.75, 3.05) is 54.5 Å². The highest BCUT2D eigenvalue weighted by Gasteiger charge is 2.08. The molecule has 0 spiro atoms. The van der Waals surface area contributed by atoms with Crippen LogP contribution in [-0.2, 0) is 4.74 Å². The molecule has 0 fully saturated rings. The molecule has 0 aliphatic heterocycles. The number of rotatable bonds is 9. The largest absolute Gasteiger partial charge is 0.388 e. The lowest BCUT2D eigenvalue weighted by Gasteiger charge is -2.23. The number of ether oxygens (including phenoxy) is 1. The molecule has 6 nitrogen and oxygen atoms in total. The molecule has 0 atom stereocenters. The van der Waals surface area contributed by atoms with E-state index in [-0.39, 0.29) is 0 Å². The highest BCUT2D eigenvalue weighted by Crippen LogP contribution is 2.01. The molecule has 0 unspecified atom stereocenters. The van der Waals surface area contributed by atoms with Gasteiger partial charge in [0.05, 0.1) is 6.61 Å². The minimum absolute atomic E-state index is 0.664. The Labute approximate surface area is 116 Å². The number of nitrogens with one attached hydrogen (secondary N) is 2. The van der Waals surface area contributed by atoms with Gasteiger partial charge in [-0.15, -0.1) is 0 Å². The molecule has 0 aliphatic carbocycles. The minimum Gasteiger partial charge on any atom is -0.388 e. The van der Waals surface area contributed by atoms with E-state index in [2.05, 4.69) is 20.1 Å². The molecule has 0 amide bonds. The minimum atomic E-state index is 0.664. The Morgan fingerprint density at radius 3 is 2.53 bits per heavy atom. The average molecular weight is 269 g/mol. The second kappa shape index (κ2) is 10.5. The first-order valence-electron chi connectivity index (χ1n) is 6.35. The van der Waals surface area contributed by atoms with Gasteiger partial charge in [0.25, 0.3) is 0 Å². The Morgan fingerprint density at radius 1 is 1.32 bits per heavy atom. The van der Waals surface area contributed by atoms with Crippen LogP contribution in [0, 0.1) is 5.41 Å². The van der Waals surface area contributed by atoms with Crippen molar-refractivity contribution >= 4 is 12.2 Å². The molecule has 2 N–H and O–H groups in total. The fourth-order valence-electron chi connectivity index (χ4n) is 1.47. The fraction of sp³-hybridized carbons (Fsp3) is 0.692. The molecule has 110 valence electrons. The second-order valence-electron chi connectivity index (χ2n) is 4.58. The van der Waals surface area contributed by atoms with E-state index in [1.54, 1.807) is 7.11 Å². The summed E-state index contributed by atoms with van der Waals surface area (Å²) in [5.41, 5.74) is 1.00. The van der Waals surface area contributed by atoms with Crippen LogP contribution in [0.3, 0.4) is 0 Å². The van der Waals surface area contributed by atoms with E-state index in [9.17, 15) is 0 Å². The fourth-order valence-corrected chi connectivity index (χ4v) is 1.47. The highest BCUT2D eigenvalue weighted by molar-refractivity contribution is 6.01. The third kappa shape index (κ3) is 8.34. The van der Waals surface area contributed by atoms with Crippen LogP contribution >= 0.6 is 0 Å². The Hall–Kier alpha value is -1.40. The first-order valence-corrected chi connectivity index (χ1v) is 6.35. The number of hydrogen-bond donors (Lipinski definition) is 2. The summed E-state index contributed by atoms with van der Waals surface area (Å²) >= 11 is 0. The van der Waals surface area contributed by atoms with Crippen LogP contribution in [0.4, 0.5) is 0 Å². The van der Waals surface area contributed by atoms with Crippen LogP contribution in [-0.4, -0.2) is 76.5 Å². The van der Waals surface area contributed by atoms with Crippen LogP contribution in [0.1, 0.15) is 6.92 Å². The molecule has 19 heavy (non-hydrogen) atoms. The van der Waals surface area contributed by atoms with E-state index in [4.69, 9.17) is 10.1 Å². The summed E-state index contributed by atoms with van der Waals surface area (Å²) in [4.78, 5) is 8.30. The Balaban J connectivity index is 4.53. The van der Waals surface area contributed by atoms with Gasteiger partial charge in [-0.25, -0.2) is 4.99 Å². The van der Waals surface area contributed by atoms with E-state index >= 15 is 0 Å². The highest BCUT2D eigenvalue weighted by atomic mass is 16.5. The number of amidine groups is 1. The maximum Gasteiger partial charge on any atom is 0.134 e. The van der Waals surface area contributed by atoms with E-state index in [0.717, 1.165) is 37.4 Å².